The molecule has 4 aromatic rings. The number of nitrogens with one attached hydrogen (secondary N) is 2. The first-order valence-corrected chi connectivity index (χ1v) is 14.4. The van der Waals surface area contributed by atoms with Crippen LogP contribution in [0, 0.1) is 11.3 Å². The number of anilines is 3. The topological polar surface area (TPSA) is 158 Å². The van der Waals surface area contributed by atoms with Crippen LogP contribution in [-0.4, -0.2) is 26.1 Å². The lowest BCUT2D eigenvalue weighted by atomic mass is 10.1. The van der Waals surface area contributed by atoms with Crippen LogP contribution in [-0.2, 0) is 21.4 Å². The Bertz CT molecular complexity index is 1830. The maximum atomic E-state index is 13.5. The number of sulfonamides is 1. The molecule has 12 heteroatoms. The van der Waals surface area contributed by atoms with Crippen molar-refractivity contribution in [1.29, 1.82) is 5.26 Å². The normalized spacial score (nSPS) is 13.5. The van der Waals surface area contributed by atoms with Crippen molar-refractivity contribution in [2.45, 2.75) is 11.4 Å². The first-order chi connectivity index (χ1) is 19.6. The van der Waals surface area contributed by atoms with Crippen molar-refractivity contribution in [1.82, 2.24) is 0 Å². The first kappa shape index (κ1) is 27.7. The minimum Gasteiger partial charge on any atom is -0.308 e. The summed E-state index contributed by atoms with van der Waals surface area (Å²) < 4.78 is 23.6. The van der Waals surface area contributed by atoms with E-state index in [2.05, 4.69) is 37.6 Å². The van der Waals surface area contributed by atoms with Crippen molar-refractivity contribution in [3.05, 3.63) is 112 Å². The van der Waals surface area contributed by atoms with Gasteiger partial charge in [-0.2, -0.15) is 5.26 Å². The highest BCUT2D eigenvalue weighted by Crippen LogP contribution is 2.34. The molecule has 0 saturated heterocycles. The average molecular weight is 629 g/mol. The van der Waals surface area contributed by atoms with E-state index in [0.717, 1.165) is 15.7 Å². The van der Waals surface area contributed by atoms with Gasteiger partial charge in [-0.25, -0.2) is 23.3 Å². The first-order valence-electron chi connectivity index (χ1n) is 12.1. The van der Waals surface area contributed by atoms with E-state index in [1.807, 2.05) is 30.3 Å². The second-order valence-electron chi connectivity index (χ2n) is 9.02. The second-order valence-corrected chi connectivity index (χ2v) is 11.5. The van der Waals surface area contributed by atoms with Gasteiger partial charge in [0.05, 0.1) is 34.4 Å². The zero-order valence-corrected chi connectivity index (χ0v) is 23.6. The van der Waals surface area contributed by atoms with Gasteiger partial charge in [0.15, 0.2) is 0 Å². The number of halogens is 1. The number of carbonyl (C=O) groups excluding carboxylic acids is 2. The molecule has 10 nitrogen and oxygen atoms in total. The van der Waals surface area contributed by atoms with E-state index < -0.39 is 16.1 Å². The number of benzene rings is 4. The Morgan fingerprint density at radius 1 is 0.927 bits per heavy atom. The van der Waals surface area contributed by atoms with Gasteiger partial charge in [0.2, 0.25) is 10.0 Å². The predicted molar refractivity (Wildman–Crippen MR) is 160 cm³/mol. The molecule has 41 heavy (non-hydrogen) atoms. The van der Waals surface area contributed by atoms with Gasteiger partial charge in [0, 0.05) is 21.4 Å². The smallest absolute Gasteiger partial charge is 0.308 e. The molecule has 0 fully saturated rings. The van der Waals surface area contributed by atoms with Gasteiger partial charge in [-0.3, -0.25) is 4.79 Å². The van der Waals surface area contributed by atoms with Crippen LogP contribution in [0.25, 0.3) is 0 Å². The zero-order chi connectivity index (χ0) is 29.1. The number of fused-ring (bicyclic) bond motifs is 1. The van der Waals surface area contributed by atoms with Crippen molar-refractivity contribution in [2.24, 2.45) is 10.1 Å². The van der Waals surface area contributed by atoms with Gasteiger partial charge in [0.1, 0.15) is 5.71 Å². The minimum absolute atomic E-state index is 0.0613. The Balaban J connectivity index is 1.31. The number of hydrogen-bond acceptors (Lipinski definition) is 6. The van der Waals surface area contributed by atoms with Gasteiger partial charge in [0.25, 0.3) is 5.91 Å². The number of nitrogens with two attached hydrogens (primary N) is 1. The molecule has 1 aliphatic heterocycles. The summed E-state index contributed by atoms with van der Waals surface area (Å²) >= 11 is 3.47. The molecule has 0 unspecified atom stereocenters. The van der Waals surface area contributed by atoms with E-state index in [1.165, 1.54) is 24.3 Å². The minimum atomic E-state index is -3.83. The number of rotatable bonds is 6. The summed E-state index contributed by atoms with van der Waals surface area (Å²) in [6, 6.07) is 26.3. The molecule has 5 rings (SSSR count). The number of hydrogen-bond donors (Lipinski definition) is 3. The van der Waals surface area contributed by atoms with Crippen molar-refractivity contribution < 1.29 is 18.0 Å². The molecule has 4 aromatic carbocycles. The van der Waals surface area contributed by atoms with Crippen molar-refractivity contribution in [2.75, 3.05) is 15.5 Å². The highest BCUT2D eigenvalue weighted by atomic mass is 79.9. The maximum absolute atomic E-state index is 13.5. The zero-order valence-electron chi connectivity index (χ0n) is 21.2. The number of nitrogens with zero attached hydrogens (tertiary/aromatic N) is 3. The molecule has 1 aliphatic rings. The lowest BCUT2D eigenvalue weighted by Gasteiger charge is -2.17. The van der Waals surface area contributed by atoms with Gasteiger partial charge >= 0.3 is 6.03 Å². The van der Waals surface area contributed by atoms with Gasteiger partial charge < -0.3 is 15.5 Å². The summed E-state index contributed by atoms with van der Waals surface area (Å²) in [4.78, 5) is 32.1. The van der Waals surface area contributed by atoms with E-state index in [-0.39, 0.29) is 16.5 Å². The Labute approximate surface area is 244 Å². The largest absolute Gasteiger partial charge is 0.323 e. The SMILES string of the molecule is N#Cc1ccc(CN2C(=O)C(=Nc3ccc(NC(=O)Nc4ccc(S(N)(=O)=O)cc4)cc3)c3cc(Br)ccc32)cc1. The van der Waals surface area contributed by atoms with Crippen LogP contribution in [0.3, 0.4) is 0 Å². The fourth-order valence-corrected chi connectivity index (χ4v) is 5.06. The average Bonchev–Trinajstić information content (AvgIpc) is 3.19. The molecule has 3 amide bonds. The monoisotopic (exact) mass is 628 g/mol. The fraction of sp³-hybridized carbons (Fsp3) is 0.0345. The van der Waals surface area contributed by atoms with Crippen LogP contribution in [0.4, 0.5) is 27.5 Å². The van der Waals surface area contributed by atoms with Crippen LogP contribution >= 0.6 is 15.9 Å². The summed E-state index contributed by atoms with van der Waals surface area (Å²) in [6.45, 7) is 0.320. The summed E-state index contributed by atoms with van der Waals surface area (Å²) in [5.41, 5.74) is 4.51. The van der Waals surface area contributed by atoms with E-state index in [1.54, 1.807) is 41.3 Å². The van der Waals surface area contributed by atoms with Crippen molar-refractivity contribution >= 4 is 66.4 Å². The van der Waals surface area contributed by atoms with E-state index in [0.29, 0.717) is 34.7 Å². The summed E-state index contributed by atoms with van der Waals surface area (Å²) in [6.07, 6.45) is 0. The van der Waals surface area contributed by atoms with Crippen LogP contribution < -0.4 is 20.7 Å². The van der Waals surface area contributed by atoms with Crippen LogP contribution in [0.5, 0.6) is 0 Å². The number of primary sulfonamides is 1. The molecule has 0 radical (unpaired) electrons. The predicted octanol–water partition coefficient (Wildman–Crippen LogP) is 5.28. The fourth-order valence-electron chi connectivity index (χ4n) is 4.19. The maximum Gasteiger partial charge on any atom is 0.323 e. The Kier molecular flexibility index (Phi) is 7.67. The van der Waals surface area contributed by atoms with E-state index in [9.17, 15) is 18.0 Å². The molecule has 204 valence electrons. The van der Waals surface area contributed by atoms with Crippen LogP contribution in [0.15, 0.2) is 105 Å². The number of urea groups is 1. The standard InChI is InChI=1S/C29H21BrN6O4S/c30-20-5-14-26-25(15-20)27(28(37)36(26)17-19-3-1-18(16-31)2-4-19)33-21-6-8-22(9-7-21)34-29(38)35-23-10-12-24(13-11-23)41(32,39)40/h1-15H,17H2,(H2,32,39,40)(H2,34,35,38). The summed E-state index contributed by atoms with van der Waals surface area (Å²) in [5.74, 6) is -0.252. The molecule has 0 spiro atoms. The van der Waals surface area contributed by atoms with Gasteiger partial charge in [-0.15, -0.1) is 0 Å². The van der Waals surface area contributed by atoms with Gasteiger partial charge in [-0.05, 0) is 84.4 Å². The number of carbonyl (C=O) groups is 2. The molecule has 0 aliphatic carbocycles. The third-order valence-corrected chi connectivity index (χ3v) is 7.61. The number of amides is 3. The summed E-state index contributed by atoms with van der Waals surface area (Å²) in [7, 11) is -3.83. The molecular formula is C29H21BrN6O4S. The van der Waals surface area contributed by atoms with Crippen molar-refractivity contribution in [3.63, 3.8) is 0 Å². The van der Waals surface area contributed by atoms with E-state index >= 15 is 0 Å². The molecular weight excluding hydrogens is 608 g/mol. The number of nitriles is 1. The second kappa shape index (κ2) is 11.3. The Hall–Kier alpha value is -4.83. The Morgan fingerprint density at radius 2 is 1.54 bits per heavy atom. The highest BCUT2D eigenvalue weighted by Gasteiger charge is 2.34. The number of aliphatic imine (C=N–C) groups is 1. The lowest BCUT2D eigenvalue weighted by Crippen LogP contribution is -2.29. The highest BCUT2D eigenvalue weighted by molar-refractivity contribution is 9.10. The van der Waals surface area contributed by atoms with Gasteiger partial charge in [-0.1, -0.05) is 28.1 Å². The van der Waals surface area contributed by atoms with Crippen LogP contribution in [0.1, 0.15) is 16.7 Å². The molecule has 4 N–H and O–H groups in total. The Morgan fingerprint density at radius 3 is 2.12 bits per heavy atom. The molecule has 0 atom stereocenters. The molecule has 0 bridgehead atoms. The molecule has 0 aromatic heterocycles. The quantitative estimate of drug-likeness (QED) is 0.265. The van der Waals surface area contributed by atoms with Crippen LogP contribution in [0.2, 0.25) is 0 Å². The van der Waals surface area contributed by atoms with E-state index in [4.69, 9.17) is 10.4 Å². The lowest BCUT2D eigenvalue weighted by molar-refractivity contribution is -0.112. The summed E-state index contributed by atoms with van der Waals surface area (Å²) in [5, 5.41) is 19.4. The molecule has 1 heterocycles. The molecule has 0 saturated carbocycles. The van der Waals surface area contributed by atoms with Crippen molar-refractivity contribution in [3.8, 4) is 6.07 Å². The third-order valence-electron chi connectivity index (χ3n) is 6.18. The third kappa shape index (κ3) is 6.33.